The summed E-state index contributed by atoms with van der Waals surface area (Å²) in [4.78, 5) is 14.4. The van der Waals surface area contributed by atoms with Gasteiger partial charge in [0.15, 0.2) is 0 Å². The first-order chi connectivity index (χ1) is 10.7. The fraction of sp³-hybridized carbons (Fsp3) is 0.588. The van der Waals surface area contributed by atoms with Gasteiger partial charge in [0.2, 0.25) is 0 Å². The zero-order chi connectivity index (χ0) is 15.8. The molecule has 0 atom stereocenters. The minimum Gasteiger partial charge on any atom is -0.396 e. The summed E-state index contributed by atoms with van der Waals surface area (Å²) in [6, 6.07) is 7.65. The summed E-state index contributed by atoms with van der Waals surface area (Å²) >= 11 is 0. The number of amides is 1. The zero-order valence-corrected chi connectivity index (χ0v) is 13.3. The largest absolute Gasteiger partial charge is 0.396 e. The Balaban J connectivity index is 1.90. The molecule has 0 unspecified atom stereocenters. The number of nitrogens with zero attached hydrogens (tertiary/aromatic N) is 1. The predicted molar refractivity (Wildman–Crippen MR) is 87.1 cm³/mol. The molecule has 1 aliphatic rings. The number of methoxy groups -OCH3 is 1. The fourth-order valence-electron chi connectivity index (χ4n) is 2.71. The number of piperidine rings is 1. The number of carbonyl (C=O) groups is 1. The Morgan fingerprint density at radius 3 is 2.86 bits per heavy atom. The van der Waals surface area contributed by atoms with Crippen LogP contribution in [-0.2, 0) is 4.74 Å². The molecule has 0 bridgehead atoms. The molecule has 1 aliphatic heterocycles. The van der Waals surface area contributed by atoms with Gasteiger partial charge in [0.1, 0.15) is 0 Å². The Hall–Kier alpha value is -1.59. The van der Waals surface area contributed by atoms with Gasteiger partial charge in [-0.15, -0.1) is 0 Å². The first kappa shape index (κ1) is 16.8. The predicted octanol–water partition coefficient (Wildman–Crippen LogP) is 1.98. The lowest BCUT2D eigenvalue weighted by Crippen LogP contribution is -2.39. The molecule has 2 N–H and O–H groups in total. The van der Waals surface area contributed by atoms with Crippen molar-refractivity contribution in [1.82, 2.24) is 4.90 Å². The van der Waals surface area contributed by atoms with Gasteiger partial charge in [0.25, 0.3) is 5.91 Å². The van der Waals surface area contributed by atoms with E-state index in [2.05, 4.69) is 5.32 Å². The SMILES string of the molecule is COCCCNc1cccc(C(=O)N2CCC(CO)CC2)c1. The number of benzene rings is 1. The van der Waals surface area contributed by atoms with E-state index >= 15 is 0 Å². The second-order valence-corrected chi connectivity index (χ2v) is 5.77. The summed E-state index contributed by atoms with van der Waals surface area (Å²) in [5, 5.41) is 12.5. The number of hydrogen-bond donors (Lipinski definition) is 2. The molecular weight excluding hydrogens is 280 g/mol. The molecule has 22 heavy (non-hydrogen) atoms. The van der Waals surface area contributed by atoms with Gasteiger partial charge in [-0.25, -0.2) is 0 Å². The average Bonchev–Trinajstić information content (AvgIpc) is 2.58. The van der Waals surface area contributed by atoms with Crippen LogP contribution in [0.4, 0.5) is 5.69 Å². The van der Waals surface area contributed by atoms with Crippen molar-refractivity contribution in [3.05, 3.63) is 29.8 Å². The van der Waals surface area contributed by atoms with Crippen molar-refractivity contribution in [2.24, 2.45) is 5.92 Å². The lowest BCUT2D eigenvalue weighted by molar-refractivity contribution is 0.0651. The molecule has 1 saturated heterocycles. The third-order valence-corrected chi connectivity index (χ3v) is 4.12. The Morgan fingerprint density at radius 2 is 2.18 bits per heavy atom. The van der Waals surface area contributed by atoms with E-state index < -0.39 is 0 Å². The molecule has 0 radical (unpaired) electrons. The molecule has 0 aromatic heterocycles. The summed E-state index contributed by atoms with van der Waals surface area (Å²) in [6.45, 7) is 3.24. The number of nitrogens with one attached hydrogen (secondary N) is 1. The first-order valence-electron chi connectivity index (χ1n) is 7.97. The number of carbonyl (C=O) groups excluding carboxylic acids is 1. The van der Waals surface area contributed by atoms with Gasteiger partial charge in [-0.2, -0.15) is 0 Å². The topological polar surface area (TPSA) is 61.8 Å². The van der Waals surface area contributed by atoms with Gasteiger partial charge < -0.3 is 20.1 Å². The second kappa shape index (κ2) is 8.76. The van der Waals surface area contributed by atoms with E-state index in [4.69, 9.17) is 9.84 Å². The van der Waals surface area contributed by atoms with E-state index in [1.807, 2.05) is 29.2 Å². The third-order valence-electron chi connectivity index (χ3n) is 4.12. The van der Waals surface area contributed by atoms with Gasteiger partial charge >= 0.3 is 0 Å². The lowest BCUT2D eigenvalue weighted by atomic mass is 9.97. The van der Waals surface area contributed by atoms with Crippen molar-refractivity contribution in [3.63, 3.8) is 0 Å². The Bertz CT molecular complexity index is 471. The lowest BCUT2D eigenvalue weighted by Gasteiger charge is -2.31. The van der Waals surface area contributed by atoms with Crippen LogP contribution in [0.25, 0.3) is 0 Å². The summed E-state index contributed by atoms with van der Waals surface area (Å²) < 4.78 is 5.02. The minimum absolute atomic E-state index is 0.0805. The zero-order valence-electron chi connectivity index (χ0n) is 13.3. The number of aliphatic hydroxyl groups excluding tert-OH is 1. The molecule has 1 fully saturated rings. The maximum atomic E-state index is 12.5. The van der Waals surface area contributed by atoms with Crippen LogP contribution in [0.5, 0.6) is 0 Å². The van der Waals surface area contributed by atoms with E-state index in [1.165, 1.54) is 0 Å². The van der Waals surface area contributed by atoms with Crippen LogP contribution in [0.15, 0.2) is 24.3 Å². The highest BCUT2D eigenvalue weighted by Gasteiger charge is 2.23. The summed E-state index contributed by atoms with van der Waals surface area (Å²) in [5.74, 6) is 0.426. The second-order valence-electron chi connectivity index (χ2n) is 5.77. The van der Waals surface area contributed by atoms with E-state index in [9.17, 15) is 4.79 Å². The molecule has 0 aliphatic carbocycles. The molecule has 1 heterocycles. The molecule has 2 rings (SSSR count). The standard InChI is InChI=1S/C17H26N2O3/c1-22-11-3-8-18-16-5-2-4-15(12-16)17(21)19-9-6-14(13-20)7-10-19/h2,4-5,12,14,18,20H,3,6-11,13H2,1H3. The van der Waals surface area contributed by atoms with Gasteiger partial charge in [-0.1, -0.05) is 6.07 Å². The maximum absolute atomic E-state index is 12.5. The van der Waals surface area contributed by atoms with Crippen LogP contribution in [0.1, 0.15) is 29.6 Å². The summed E-state index contributed by atoms with van der Waals surface area (Å²) in [7, 11) is 1.69. The van der Waals surface area contributed by atoms with Crippen molar-refractivity contribution in [2.75, 3.05) is 45.3 Å². The first-order valence-corrected chi connectivity index (χ1v) is 7.97. The highest BCUT2D eigenvalue weighted by atomic mass is 16.5. The quantitative estimate of drug-likeness (QED) is 0.756. The number of aliphatic hydroxyl groups is 1. The van der Waals surface area contributed by atoms with Gasteiger partial charge in [0, 0.05) is 51.2 Å². The van der Waals surface area contributed by atoms with Crippen molar-refractivity contribution >= 4 is 11.6 Å². The summed E-state index contributed by atoms with van der Waals surface area (Å²) in [5.41, 5.74) is 1.69. The number of rotatable bonds is 7. The molecule has 1 aromatic rings. The van der Waals surface area contributed by atoms with Crippen LogP contribution in [0.2, 0.25) is 0 Å². The number of hydrogen-bond acceptors (Lipinski definition) is 4. The summed E-state index contributed by atoms with van der Waals surface area (Å²) in [6.07, 6.45) is 2.71. The molecule has 0 spiro atoms. The van der Waals surface area contributed by atoms with Crippen molar-refractivity contribution in [2.45, 2.75) is 19.3 Å². The van der Waals surface area contributed by atoms with Gasteiger partial charge in [-0.3, -0.25) is 4.79 Å². The van der Waals surface area contributed by atoms with Crippen molar-refractivity contribution < 1.29 is 14.6 Å². The van der Waals surface area contributed by atoms with Crippen molar-refractivity contribution in [3.8, 4) is 0 Å². The smallest absolute Gasteiger partial charge is 0.253 e. The van der Waals surface area contributed by atoms with Crippen LogP contribution in [0, 0.1) is 5.92 Å². The van der Waals surface area contributed by atoms with Crippen LogP contribution in [-0.4, -0.2) is 55.9 Å². The number of likely N-dealkylation sites (tertiary alicyclic amines) is 1. The average molecular weight is 306 g/mol. The Morgan fingerprint density at radius 1 is 1.41 bits per heavy atom. The molecule has 1 amide bonds. The molecular formula is C17H26N2O3. The Labute approximate surface area is 132 Å². The minimum atomic E-state index is 0.0805. The maximum Gasteiger partial charge on any atom is 0.253 e. The molecule has 5 nitrogen and oxygen atoms in total. The van der Waals surface area contributed by atoms with Gasteiger partial charge in [0.05, 0.1) is 0 Å². The third kappa shape index (κ3) is 4.71. The van der Waals surface area contributed by atoms with E-state index in [-0.39, 0.29) is 12.5 Å². The van der Waals surface area contributed by atoms with Crippen LogP contribution in [0.3, 0.4) is 0 Å². The van der Waals surface area contributed by atoms with E-state index in [0.29, 0.717) is 5.92 Å². The van der Waals surface area contributed by atoms with E-state index in [1.54, 1.807) is 7.11 Å². The van der Waals surface area contributed by atoms with E-state index in [0.717, 1.165) is 56.8 Å². The molecule has 122 valence electrons. The van der Waals surface area contributed by atoms with Crippen LogP contribution >= 0.6 is 0 Å². The van der Waals surface area contributed by atoms with Crippen LogP contribution < -0.4 is 5.32 Å². The highest BCUT2D eigenvalue weighted by Crippen LogP contribution is 2.19. The highest BCUT2D eigenvalue weighted by molar-refractivity contribution is 5.95. The van der Waals surface area contributed by atoms with Gasteiger partial charge in [-0.05, 0) is 43.4 Å². The molecule has 5 heteroatoms. The number of ether oxygens (including phenoxy) is 1. The monoisotopic (exact) mass is 306 g/mol. The van der Waals surface area contributed by atoms with Crippen molar-refractivity contribution in [1.29, 1.82) is 0 Å². The molecule has 1 aromatic carbocycles. The normalized spacial score (nSPS) is 15.8. The number of anilines is 1. The Kier molecular flexibility index (Phi) is 6.68. The molecule has 0 saturated carbocycles. The fourth-order valence-corrected chi connectivity index (χ4v) is 2.71.